The highest BCUT2D eigenvalue weighted by atomic mass is 16.6. The summed E-state index contributed by atoms with van der Waals surface area (Å²) in [7, 11) is 0. The monoisotopic (exact) mass is 302 g/mol. The molecule has 0 unspecified atom stereocenters. The van der Waals surface area contributed by atoms with E-state index >= 15 is 0 Å². The molecule has 0 aromatic heterocycles. The molecule has 0 aromatic carbocycles. The van der Waals surface area contributed by atoms with Crippen molar-refractivity contribution < 1.29 is 19.1 Å². The molecule has 0 saturated heterocycles. The van der Waals surface area contributed by atoms with Gasteiger partial charge in [0.25, 0.3) is 0 Å². The molecule has 0 radical (unpaired) electrons. The van der Waals surface area contributed by atoms with Crippen molar-refractivity contribution in [1.82, 2.24) is 0 Å². The summed E-state index contributed by atoms with van der Waals surface area (Å²) in [6.07, 6.45) is -0.292. The SMILES string of the molecule is CC(C)C(C)C.CC(C)COC(=O)CC(=O)OCC(C)C. The third-order valence-electron chi connectivity index (χ3n) is 2.78. The van der Waals surface area contributed by atoms with Crippen LogP contribution in [0.2, 0.25) is 0 Å². The van der Waals surface area contributed by atoms with Crippen molar-refractivity contribution >= 4 is 11.9 Å². The molecule has 0 aliphatic heterocycles. The summed E-state index contributed by atoms with van der Waals surface area (Å²) < 4.78 is 9.68. The third-order valence-corrected chi connectivity index (χ3v) is 2.78. The molecule has 0 fully saturated rings. The van der Waals surface area contributed by atoms with Crippen LogP contribution in [0.5, 0.6) is 0 Å². The Morgan fingerprint density at radius 3 is 1.14 bits per heavy atom. The highest BCUT2D eigenvalue weighted by molar-refractivity contribution is 5.91. The summed E-state index contributed by atoms with van der Waals surface area (Å²) in [6, 6.07) is 0. The fraction of sp³-hybridized carbons (Fsp3) is 0.882. The lowest BCUT2D eigenvalue weighted by atomic mass is 10.0. The van der Waals surface area contributed by atoms with Crippen LogP contribution in [-0.4, -0.2) is 25.2 Å². The summed E-state index contributed by atoms with van der Waals surface area (Å²) >= 11 is 0. The average Bonchev–Trinajstić information content (AvgIpc) is 2.34. The molecule has 4 nitrogen and oxygen atoms in total. The van der Waals surface area contributed by atoms with Gasteiger partial charge in [-0.05, 0) is 23.7 Å². The number of carbonyl (C=O) groups is 2. The molecule has 0 aliphatic carbocycles. The molecule has 0 heterocycles. The van der Waals surface area contributed by atoms with Crippen molar-refractivity contribution in [1.29, 1.82) is 0 Å². The van der Waals surface area contributed by atoms with Crippen LogP contribution in [0.1, 0.15) is 61.8 Å². The van der Waals surface area contributed by atoms with Gasteiger partial charge in [0.1, 0.15) is 6.42 Å². The van der Waals surface area contributed by atoms with Crippen LogP contribution < -0.4 is 0 Å². The summed E-state index contributed by atoms with van der Waals surface area (Å²) in [5.74, 6) is 1.23. The maximum absolute atomic E-state index is 11.1. The average molecular weight is 302 g/mol. The summed E-state index contributed by atoms with van der Waals surface area (Å²) in [6.45, 7) is 17.4. The zero-order chi connectivity index (χ0) is 17.0. The van der Waals surface area contributed by atoms with Crippen molar-refractivity contribution in [2.75, 3.05) is 13.2 Å². The molecular formula is C17H34O4. The first-order chi connectivity index (χ1) is 9.56. The van der Waals surface area contributed by atoms with Gasteiger partial charge in [0.05, 0.1) is 13.2 Å². The van der Waals surface area contributed by atoms with Crippen molar-refractivity contribution in [3.05, 3.63) is 0 Å². The van der Waals surface area contributed by atoms with Gasteiger partial charge in [-0.15, -0.1) is 0 Å². The van der Waals surface area contributed by atoms with Gasteiger partial charge in [-0.1, -0.05) is 55.4 Å². The Hall–Kier alpha value is -1.06. The Bertz CT molecular complexity index is 253. The van der Waals surface area contributed by atoms with Gasteiger partial charge in [-0.25, -0.2) is 0 Å². The molecule has 0 aromatic rings. The Balaban J connectivity index is 0. The quantitative estimate of drug-likeness (QED) is 0.525. The van der Waals surface area contributed by atoms with Crippen LogP contribution in [0.4, 0.5) is 0 Å². The van der Waals surface area contributed by atoms with Crippen LogP contribution >= 0.6 is 0 Å². The van der Waals surface area contributed by atoms with E-state index in [0.29, 0.717) is 13.2 Å². The molecule has 0 N–H and O–H groups in total. The van der Waals surface area contributed by atoms with E-state index in [2.05, 4.69) is 27.7 Å². The van der Waals surface area contributed by atoms with Crippen molar-refractivity contribution in [3.63, 3.8) is 0 Å². The number of esters is 2. The highest BCUT2D eigenvalue weighted by Crippen LogP contribution is 2.05. The lowest BCUT2D eigenvalue weighted by Crippen LogP contribution is -2.17. The van der Waals surface area contributed by atoms with Crippen molar-refractivity contribution in [3.8, 4) is 0 Å². The first-order valence-electron chi connectivity index (χ1n) is 7.87. The first-order valence-corrected chi connectivity index (χ1v) is 7.87. The minimum absolute atomic E-state index is 0.278. The van der Waals surface area contributed by atoms with Gasteiger partial charge in [-0.3, -0.25) is 9.59 Å². The standard InChI is InChI=1S/C11H20O4.C6H14/c1-8(2)6-14-10(12)5-11(13)15-7-9(3)4;1-5(2)6(3)4/h8-9H,5-7H2,1-4H3;5-6H,1-4H3. The second kappa shape index (κ2) is 12.7. The summed E-state index contributed by atoms with van der Waals surface area (Å²) in [5.41, 5.74) is 0. The van der Waals surface area contributed by atoms with E-state index in [4.69, 9.17) is 9.47 Å². The largest absolute Gasteiger partial charge is 0.465 e. The molecule has 0 rings (SSSR count). The maximum Gasteiger partial charge on any atom is 0.317 e. The molecule has 0 amide bonds. The van der Waals surface area contributed by atoms with Crippen LogP contribution in [0, 0.1) is 23.7 Å². The van der Waals surface area contributed by atoms with E-state index in [0.717, 1.165) is 11.8 Å². The number of carbonyl (C=O) groups excluding carboxylic acids is 2. The lowest BCUT2D eigenvalue weighted by molar-refractivity contribution is -0.155. The molecular weight excluding hydrogens is 268 g/mol. The van der Waals surface area contributed by atoms with E-state index < -0.39 is 11.9 Å². The minimum Gasteiger partial charge on any atom is -0.465 e. The minimum atomic E-state index is -0.516. The molecule has 0 bridgehead atoms. The third kappa shape index (κ3) is 18.9. The Labute approximate surface area is 130 Å². The highest BCUT2D eigenvalue weighted by Gasteiger charge is 2.12. The second-order valence-electron chi connectivity index (χ2n) is 6.82. The fourth-order valence-corrected chi connectivity index (χ4v) is 0.739. The van der Waals surface area contributed by atoms with Crippen LogP contribution in [0.3, 0.4) is 0 Å². The van der Waals surface area contributed by atoms with Gasteiger partial charge in [0, 0.05) is 0 Å². The van der Waals surface area contributed by atoms with Crippen molar-refractivity contribution in [2.24, 2.45) is 23.7 Å². The molecule has 21 heavy (non-hydrogen) atoms. The molecule has 0 aliphatic rings. The normalized spacial score (nSPS) is 10.7. The lowest BCUT2D eigenvalue weighted by Gasteiger charge is -2.08. The predicted octanol–water partition coefficient (Wildman–Crippen LogP) is 4.07. The van der Waals surface area contributed by atoms with E-state index in [9.17, 15) is 9.59 Å². The Morgan fingerprint density at radius 1 is 0.667 bits per heavy atom. The van der Waals surface area contributed by atoms with Crippen LogP contribution in [-0.2, 0) is 19.1 Å². The first kappa shape index (κ1) is 22.2. The number of hydrogen-bond donors (Lipinski definition) is 0. The molecule has 126 valence electrons. The van der Waals surface area contributed by atoms with Gasteiger partial charge < -0.3 is 9.47 Å². The number of hydrogen-bond acceptors (Lipinski definition) is 4. The zero-order valence-electron chi connectivity index (χ0n) is 15.1. The van der Waals surface area contributed by atoms with Crippen LogP contribution in [0.25, 0.3) is 0 Å². The second-order valence-corrected chi connectivity index (χ2v) is 6.82. The number of rotatable bonds is 7. The van der Waals surface area contributed by atoms with E-state index in [-0.39, 0.29) is 18.3 Å². The molecule has 0 spiro atoms. The molecule has 0 saturated carbocycles. The maximum atomic E-state index is 11.1. The van der Waals surface area contributed by atoms with Gasteiger partial charge in [0.2, 0.25) is 0 Å². The Morgan fingerprint density at radius 2 is 0.952 bits per heavy atom. The van der Waals surface area contributed by atoms with Gasteiger partial charge in [-0.2, -0.15) is 0 Å². The van der Waals surface area contributed by atoms with Gasteiger partial charge in [0.15, 0.2) is 0 Å². The zero-order valence-corrected chi connectivity index (χ0v) is 15.1. The van der Waals surface area contributed by atoms with E-state index in [1.807, 2.05) is 27.7 Å². The van der Waals surface area contributed by atoms with Crippen LogP contribution in [0.15, 0.2) is 0 Å². The van der Waals surface area contributed by atoms with Crippen molar-refractivity contribution in [2.45, 2.75) is 61.8 Å². The van der Waals surface area contributed by atoms with E-state index in [1.54, 1.807) is 0 Å². The smallest absolute Gasteiger partial charge is 0.317 e. The Kier molecular flexibility index (Phi) is 13.4. The molecule has 0 atom stereocenters. The number of ether oxygens (including phenoxy) is 2. The van der Waals surface area contributed by atoms with Gasteiger partial charge >= 0.3 is 11.9 Å². The topological polar surface area (TPSA) is 52.6 Å². The fourth-order valence-electron chi connectivity index (χ4n) is 0.739. The predicted molar refractivity (Wildman–Crippen MR) is 85.9 cm³/mol. The molecule has 4 heteroatoms. The van der Waals surface area contributed by atoms with E-state index in [1.165, 1.54) is 0 Å². The summed E-state index contributed by atoms with van der Waals surface area (Å²) in [4.78, 5) is 22.2. The summed E-state index contributed by atoms with van der Waals surface area (Å²) in [5, 5.41) is 0.